The summed E-state index contributed by atoms with van der Waals surface area (Å²) in [6, 6.07) is 0. The van der Waals surface area contributed by atoms with Crippen LogP contribution in [0.25, 0.3) is 0 Å². The van der Waals surface area contributed by atoms with Crippen LogP contribution in [0.4, 0.5) is 17.6 Å². The van der Waals surface area contributed by atoms with E-state index in [1.54, 1.807) is 0 Å². The Kier molecular flexibility index (Phi) is 2.58. The molecule has 7 heteroatoms. The Morgan fingerprint density at radius 1 is 1.53 bits per heavy atom. The summed E-state index contributed by atoms with van der Waals surface area (Å²) in [6.07, 6.45) is -5.40. The van der Waals surface area contributed by atoms with Crippen molar-refractivity contribution >= 4 is 0 Å². The van der Waals surface area contributed by atoms with E-state index < -0.39 is 28.4 Å². The summed E-state index contributed by atoms with van der Waals surface area (Å²) in [4.78, 5) is 9.42. The van der Waals surface area contributed by atoms with Gasteiger partial charge in [0.1, 0.15) is 0 Å². The Bertz CT molecular complexity index is 347. The molecule has 0 amide bonds. The van der Waals surface area contributed by atoms with Crippen molar-refractivity contribution in [2.24, 2.45) is 0 Å². The van der Waals surface area contributed by atoms with Crippen molar-refractivity contribution in [1.29, 1.82) is 0 Å². The number of halogens is 4. The number of hydrogen-bond acceptors (Lipinski definition) is 2. The van der Waals surface area contributed by atoms with Crippen LogP contribution in [-0.2, 0) is 0 Å². The maximum atomic E-state index is 13.1. The quantitative estimate of drug-likeness (QED) is 0.390. The van der Waals surface area contributed by atoms with Crippen LogP contribution in [-0.4, -0.2) is 22.8 Å². The Balaban J connectivity index is 3.17. The average molecular weight is 225 g/mol. The fourth-order valence-corrected chi connectivity index (χ4v) is 1.16. The zero-order chi connectivity index (χ0) is 11.9. The zero-order valence-corrected chi connectivity index (χ0v) is 7.58. The van der Waals surface area contributed by atoms with Gasteiger partial charge in [-0.05, 0) is 6.08 Å². The maximum Gasteiger partial charge on any atom is 0.416 e. The summed E-state index contributed by atoms with van der Waals surface area (Å²) in [5.41, 5.74) is -3.55. The zero-order valence-electron chi connectivity index (χ0n) is 7.58. The molecule has 1 aliphatic carbocycles. The molecule has 1 rings (SSSR count). The van der Waals surface area contributed by atoms with Crippen LogP contribution >= 0.6 is 0 Å². The van der Waals surface area contributed by atoms with Crippen LogP contribution in [0.3, 0.4) is 0 Å². The predicted octanol–water partition coefficient (Wildman–Crippen LogP) is 2.42. The van der Waals surface area contributed by atoms with Crippen molar-refractivity contribution in [1.82, 2.24) is 0 Å². The second-order valence-corrected chi connectivity index (χ2v) is 3.34. The largest absolute Gasteiger partial charge is 0.416 e. The standard InChI is InChI=1S/C8H7F4NO2/c1-7(13(14)15)4-5(8(10,11)12)2-3-6(7)9/h2-4,6H,1H3. The lowest BCUT2D eigenvalue weighted by atomic mass is 9.89. The fourth-order valence-electron chi connectivity index (χ4n) is 1.16. The molecule has 0 aromatic carbocycles. The third-order valence-electron chi connectivity index (χ3n) is 2.17. The fraction of sp³-hybridized carbons (Fsp3) is 0.500. The molecule has 0 fully saturated rings. The topological polar surface area (TPSA) is 43.1 Å². The molecule has 2 unspecified atom stereocenters. The molecule has 0 aliphatic heterocycles. The first-order valence-electron chi connectivity index (χ1n) is 3.95. The smallest absolute Gasteiger partial charge is 0.264 e. The second kappa shape index (κ2) is 3.32. The number of hydrogen-bond donors (Lipinski definition) is 0. The van der Waals surface area contributed by atoms with E-state index in [0.717, 1.165) is 6.92 Å². The van der Waals surface area contributed by atoms with E-state index in [9.17, 15) is 27.7 Å². The summed E-state index contributed by atoms with van der Waals surface area (Å²) in [7, 11) is 0. The van der Waals surface area contributed by atoms with Gasteiger partial charge < -0.3 is 0 Å². The molecule has 0 heterocycles. The highest BCUT2D eigenvalue weighted by atomic mass is 19.4. The van der Waals surface area contributed by atoms with Gasteiger partial charge in [0.2, 0.25) is 0 Å². The highest BCUT2D eigenvalue weighted by Crippen LogP contribution is 2.35. The van der Waals surface area contributed by atoms with Gasteiger partial charge in [0.25, 0.3) is 5.54 Å². The first-order chi connectivity index (χ1) is 6.68. The van der Waals surface area contributed by atoms with Gasteiger partial charge in [-0.3, -0.25) is 10.1 Å². The first kappa shape index (κ1) is 11.7. The van der Waals surface area contributed by atoms with E-state index in [1.165, 1.54) is 0 Å². The van der Waals surface area contributed by atoms with Crippen LogP contribution in [0.15, 0.2) is 23.8 Å². The molecule has 0 aromatic heterocycles. The third kappa shape index (κ3) is 2.00. The van der Waals surface area contributed by atoms with Crippen LogP contribution in [0.1, 0.15) is 6.92 Å². The minimum Gasteiger partial charge on any atom is -0.264 e. The molecular formula is C8H7F4NO2. The van der Waals surface area contributed by atoms with Crippen molar-refractivity contribution in [3.8, 4) is 0 Å². The van der Waals surface area contributed by atoms with Crippen molar-refractivity contribution in [2.75, 3.05) is 0 Å². The molecule has 0 spiro atoms. The lowest BCUT2D eigenvalue weighted by Crippen LogP contribution is -2.44. The Morgan fingerprint density at radius 3 is 2.47 bits per heavy atom. The predicted molar refractivity (Wildman–Crippen MR) is 43.6 cm³/mol. The summed E-state index contributed by atoms with van der Waals surface area (Å²) < 4.78 is 49.7. The average Bonchev–Trinajstić information content (AvgIpc) is 2.07. The minimum atomic E-state index is -4.70. The highest BCUT2D eigenvalue weighted by Gasteiger charge is 2.49. The van der Waals surface area contributed by atoms with Gasteiger partial charge >= 0.3 is 6.18 Å². The summed E-state index contributed by atoms with van der Waals surface area (Å²) in [6.45, 7) is 0.812. The molecule has 0 saturated carbocycles. The monoisotopic (exact) mass is 225 g/mol. The van der Waals surface area contributed by atoms with Crippen LogP contribution in [0.5, 0.6) is 0 Å². The molecular weight excluding hydrogens is 218 g/mol. The van der Waals surface area contributed by atoms with Crippen LogP contribution in [0, 0.1) is 10.1 Å². The van der Waals surface area contributed by atoms with E-state index in [1.807, 2.05) is 0 Å². The van der Waals surface area contributed by atoms with E-state index >= 15 is 0 Å². The molecule has 2 atom stereocenters. The summed E-state index contributed by atoms with van der Waals surface area (Å²) in [5, 5.41) is 10.5. The van der Waals surface area contributed by atoms with Gasteiger partial charge in [0, 0.05) is 17.9 Å². The van der Waals surface area contributed by atoms with Gasteiger partial charge in [-0.2, -0.15) is 13.2 Å². The molecule has 0 bridgehead atoms. The SMILES string of the molecule is CC1([N+](=O)[O-])C=C(C(F)(F)F)C=CC1F. The number of rotatable bonds is 1. The summed E-state index contributed by atoms with van der Waals surface area (Å²) in [5.74, 6) is 0. The molecule has 0 aromatic rings. The number of allylic oxidation sites excluding steroid dienone is 2. The van der Waals surface area contributed by atoms with Crippen molar-refractivity contribution < 1.29 is 22.5 Å². The van der Waals surface area contributed by atoms with E-state index in [0.29, 0.717) is 18.2 Å². The Morgan fingerprint density at radius 2 is 2.07 bits per heavy atom. The van der Waals surface area contributed by atoms with Gasteiger partial charge in [-0.1, -0.05) is 6.08 Å². The molecule has 1 aliphatic rings. The summed E-state index contributed by atoms with van der Waals surface area (Å²) >= 11 is 0. The van der Waals surface area contributed by atoms with Gasteiger partial charge in [0.15, 0.2) is 6.17 Å². The normalized spacial score (nSPS) is 31.3. The Labute approximate surface area is 82.2 Å². The number of alkyl halides is 4. The van der Waals surface area contributed by atoms with Crippen LogP contribution in [0.2, 0.25) is 0 Å². The van der Waals surface area contributed by atoms with Crippen molar-refractivity contribution in [3.05, 3.63) is 33.9 Å². The van der Waals surface area contributed by atoms with Crippen molar-refractivity contribution in [2.45, 2.75) is 24.8 Å². The third-order valence-corrected chi connectivity index (χ3v) is 2.17. The van der Waals surface area contributed by atoms with E-state index in [4.69, 9.17) is 0 Å². The molecule has 0 saturated heterocycles. The number of nitro groups is 1. The maximum absolute atomic E-state index is 13.1. The lowest BCUT2D eigenvalue weighted by Gasteiger charge is -2.24. The van der Waals surface area contributed by atoms with Gasteiger partial charge in [-0.25, -0.2) is 4.39 Å². The molecule has 3 nitrogen and oxygen atoms in total. The van der Waals surface area contributed by atoms with E-state index in [2.05, 4.69) is 0 Å². The van der Waals surface area contributed by atoms with Gasteiger partial charge in [-0.15, -0.1) is 0 Å². The lowest BCUT2D eigenvalue weighted by molar-refractivity contribution is -0.557. The first-order valence-corrected chi connectivity index (χ1v) is 3.95. The van der Waals surface area contributed by atoms with Gasteiger partial charge in [0.05, 0.1) is 5.57 Å². The minimum absolute atomic E-state index is 0.303. The molecule has 84 valence electrons. The number of nitrogens with zero attached hydrogens (tertiary/aromatic N) is 1. The van der Waals surface area contributed by atoms with Crippen LogP contribution < -0.4 is 0 Å². The second-order valence-electron chi connectivity index (χ2n) is 3.34. The molecule has 0 radical (unpaired) electrons. The van der Waals surface area contributed by atoms with Crippen molar-refractivity contribution in [3.63, 3.8) is 0 Å². The Hall–Kier alpha value is -1.40. The van der Waals surface area contributed by atoms with E-state index in [-0.39, 0.29) is 0 Å². The molecule has 15 heavy (non-hydrogen) atoms. The molecule has 0 N–H and O–H groups in total. The highest BCUT2D eigenvalue weighted by molar-refractivity contribution is 5.34.